The molecule has 6 heteroatoms. The van der Waals surface area contributed by atoms with Crippen LogP contribution in [0.5, 0.6) is 0 Å². The van der Waals surface area contributed by atoms with Gasteiger partial charge in [0.05, 0.1) is 12.6 Å². The van der Waals surface area contributed by atoms with Crippen LogP contribution in [0.25, 0.3) is 0 Å². The van der Waals surface area contributed by atoms with E-state index in [4.69, 9.17) is 0 Å². The van der Waals surface area contributed by atoms with E-state index >= 15 is 0 Å². The molecule has 1 aromatic rings. The van der Waals surface area contributed by atoms with Crippen molar-refractivity contribution in [1.29, 1.82) is 0 Å². The number of hydrogen-bond acceptors (Lipinski definition) is 4. The van der Waals surface area contributed by atoms with Crippen LogP contribution in [0.15, 0.2) is 17.5 Å². The van der Waals surface area contributed by atoms with Crippen LogP contribution >= 0.6 is 11.3 Å². The SMILES string of the molecule is O=C(CN1CCCCC1=O)NCC(c1cccs1)N1CCCC1. The summed E-state index contributed by atoms with van der Waals surface area (Å²) in [6, 6.07) is 4.48. The van der Waals surface area contributed by atoms with E-state index in [0.29, 0.717) is 19.5 Å². The van der Waals surface area contributed by atoms with Crippen LogP contribution in [0, 0.1) is 0 Å². The van der Waals surface area contributed by atoms with Gasteiger partial charge in [0.2, 0.25) is 11.8 Å². The minimum absolute atomic E-state index is 0.0407. The summed E-state index contributed by atoms with van der Waals surface area (Å²) in [6.07, 6.45) is 5.01. The first-order chi connectivity index (χ1) is 11.2. The molecular weight excluding hydrogens is 310 g/mol. The van der Waals surface area contributed by atoms with Crippen LogP contribution in [-0.4, -0.2) is 54.3 Å². The summed E-state index contributed by atoms with van der Waals surface area (Å²) in [6.45, 7) is 3.75. The molecular formula is C17H25N3O2S. The number of rotatable bonds is 6. The van der Waals surface area contributed by atoms with Gasteiger partial charge in [-0.1, -0.05) is 6.07 Å². The van der Waals surface area contributed by atoms with Crippen molar-refractivity contribution in [3.05, 3.63) is 22.4 Å². The number of carbonyl (C=O) groups excluding carboxylic acids is 2. The molecule has 3 rings (SSSR count). The third-order valence-electron chi connectivity index (χ3n) is 4.70. The molecule has 2 aliphatic heterocycles. The van der Waals surface area contributed by atoms with Crippen molar-refractivity contribution >= 4 is 23.2 Å². The van der Waals surface area contributed by atoms with Crippen LogP contribution in [0.1, 0.15) is 43.0 Å². The van der Waals surface area contributed by atoms with Crippen LogP contribution < -0.4 is 5.32 Å². The average molecular weight is 335 g/mol. The van der Waals surface area contributed by atoms with E-state index in [2.05, 4.69) is 27.7 Å². The molecule has 0 radical (unpaired) electrons. The lowest BCUT2D eigenvalue weighted by Crippen LogP contribution is -2.45. The van der Waals surface area contributed by atoms with Crippen molar-refractivity contribution in [2.45, 2.75) is 38.1 Å². The van der Waals surface area contributed by atoms with E-state index in [1.807, 2.05) is 0 Å². The quantitative estimate of drug-likeness (QED) is 0.865. The Bertz CT molecular complexity index is 526. The Morgan fingerprint density at radius 1 is 1.22 bits per heavy atom. The second-order valence-corrected chi connectivity index (χ2v) is 7.33. The first-order valence-corrected chi connectivity index (χ1v) is 9.44. The van der Waals surface area contributed by atoms with Crippen LogP contribution in [0.2, 0.25) is 0 Å². The zero-order valence-electron chi connectivity index (χ0n) is 13.5. The van der Waals surface area contributed by atoms with Gasteiger partial charge in [0.1, 0.15) is 0 Å². The van der Waals surface area contributed by atoms with Crippen molar-refractivity contribution in [2.24, 2.45) is 0 Å². The minimum atomic E-state index is -0.0407. The molecule has 126 valence electrons. The third-order valence-corrected chi connectivity index (χ3v) is 5.68. The second kappa shape index (κ2) is 7.93. The Morgan fingerprint density at radius 2 is 2.00 bits per heavy atom. The zero-order chi connectivity index (χ0) is 16.1. The molecule has 3 heterocycles. The highest BCUT2D eigenvalue weighted by Crippen LogP contribution is 2.27. The molecule has 2 amide bonds. The molecule has 0 saturated carbocycles. The Kier molecular flexibility index (Phi) is 5.67. The smallest absolute Gasteiger partial charge is 0.239 e. The molecule has 1 unspecified atom stereocenters. The summed E-state index contributed by atoms with van der Waals surface area (Å²) in [4.78, 5) is 29.5. The monoisotopic (exact) mass is 335 g/mol. The van der Waals surface area contributed by atoms with E-state index in [0.717, 1.165) is 25.9 Å². The van der Waals surface area contributed by atoms with E-state index in [-0.39, 0.29) is 24.4 Å². The van der Waals surface area contributed by atoms with Gasteiger partial charge in [0.15, 0.2) is 0 Å². The maximum Gasteiger partial charge on any atom is 0.239 e. The van der Waals surface area contributed by atoms with Gasteiger partial charge >= 0.3 is 0 Å². The van der Waals surface area contributed by atoms with Crippen molar-refractivity contribution < 1.29 is 9.59 Å². The van der Waals surface area contributed by atoms with Gasteiger partial charge in [-0.3, -0.25) is 14.5 Å². The summed E-state index contributed by atoms with van der Waals surface area (Å²) in [5.41, 5.74) is 0. The van der Waals surface area contributed by atoms with E-state index in [9.17, 15) is 9.59 Å². The molecule has 0 spiro atoms. The number of hydrogen-bond donors (Lipinski definition) is 1. The van der Waals surface area contributed by atoms with Gasteiger partial charge in [-0.05, 0) is 50.2 Å². The number of likely N-dealkylation sites (tertiary alicyclic amines) is 2. The molecule has 2 aliphatic rings. The van der Waals surface area contributed by atoms with Gasteiger partial charge in [0, 0.05) is 24.4 Å². The normalized spacial score (nSPS) is 20.7. The highest BCUT2D eigenvalue weighted by molar-refractivity contribution is 7.10. The Hall–Kier alpha value is -1.40. The Balaban J connectivity index is 1.53. The van der Waals surface area contributed by atoms with Crippen molar-refractivity contribution in [3.63, 3.8) is 0 Å². The van der Waals surface area contributed by atoms with E-state index < -0.39 is 0 Å². The molecule has 1 aromatic heterocycles. The zero-order valence-corrected chi connectivity index (χ0v) is 14.3. The largest absolute Gasteiger partial charge is 0.353 e. The summed E-state index contributed by atoms with van der Waals surface area (Å²) in [5, 5.41) is 5.14. The molecule has 0 aromatic carbocycles. The maximum atomic E-state index is 12.2. The summed E-state index contributed by atoms with van der Waals surface area (Å²) in [5.74, 6) is 0.0711. The summed E-state index contributed by atoms with van der Waals surface area (Å²) in [7, 11) is 0. The highest BCUT2D eigenvalue weighted by atomic mass is 32.1. The fourth-order valence-electron chi connectivity index (χ4n) is 3.41. The number of nitrogens with one attached hydrogen (secondary N) is 1. The summed E-state index contributed by atoms with van der Waals surface area (Å²) < 4.78 is 0. The molecule has 1 N–H and O–H groups in total. The van der Waals surface area contributed by atoms with Gasteiger partial charge in [-0.2, -0.15) is 0 Å². The second-order valence-electron chi connectivity index (χ2n) is 6.35. The van der Waals surface area contributed by atoms with E-state index in [1.165, 1.54) is 17.7 Å². The molecule has 23 heavy (non-hydrogen) atoms. The molecule has 0 bridgehead atoms. The van der Waals surface area contributed by atoms with Gasteiger partial charge < -0.3 is 10.2 Å². The predicted molar refractivity (Wildman–Crippen MR) is 91.3 cm³/mol. The molecule has 1 atom stereocenters. The number of carbonyl (C=O) groups is 2. The van der Waals surface area contributed by atoms with Crippen LogP contribution in [0.3, 0.4) is 0 Å². The van der Waals surface area contributed by atoms with Gasteiger partial charge in [0.25, 0.3) is 0 Å². The topological polar surface area (TPSA) is 52.7 Å². The third kappa shape index (κ3) is 4.32. The van der Waals surface area contributed by atoms with Gasteiger partial charge in [-0.25, -0.2) is 0 Å². The summed E-state index contributed by atoms with van der Waals surface area (Å²) >= 11 is 1.75. The molecule has 2 saturated heterocycles. The lowest BCUT2D eigenvalue weighted by atomic mass is 10.1. The lowest BCUT2D eigenvalue weighted by molar-refractivity contribution is -0.137. The number of nitrogens with zero attached hydrogens (tertiary/aromatic N) is 2. The molecule has 0 aliphatic carbocycles. The van der Waals surface area contributed by atoms with Crippen molar-refractivity contribution in [2.75, 3.05) is 32.7 Å². The average Bonchev–Trinajstić information content (AvgIpc) is 3.23. The highest BCUT2D eigenvalue weighted by Gasteiger charge is 2.25. The first kappa shape index (κ1) is 16.5. The fourth-order valence-corrected chi connectivity index (χ4v) is 4.27. The van der Waals surface area contributed by atoms with Crippen LogP contribution in [-0.2, 0) is 9.59 Å². The van der Waals surface area contributed by atoms with E-state index in [1.54, 1.807) is 16.2 Å². The lowest BCUT2D eigenvalue weighted by Gasteiger charge is -2.28. The number of amides is 2. The number of thiophene rings is 1. The predicted octanol–water partition coefficient (Wildman–Crippen LogP) is 2.01. The first-order valence-electron chi connectivity index (χ1n) is 8.56. The van der Waals surface area contributed by atoms with Gasteiger partial charge in [-0.15, -0.1) is 11.3 Å². The number of piperidine rings is 1. The molecule has 5 nitrogen and oxygen atoms in total. The van der Waals surface area contributed by atoms with Crippen molar-refractivity contribution in [3.8, 4) is 0 Å². The minimum Gasteiger partial charge on any atom is -0.353 e. The Labute approximate surface area is 141 Å². The van der Waals surface area contributed by atoms with Crippen LogP contribution in [0.4, 0.5) is 0 Å². The van der Waals surface area contributed by atoms with Crippen molar-refractivity contribution in [1.82, 2.24) is 15.1 Å². The maximum absolute atomic E-state index is 12.2. The standard InChI is InChI=1S/C17H25N3O2S/c21-16(13-20-10-2-1-7-17(20)22)18-12-14(15-6-5-11-23-15)19-8-3-4-9-19/h5-6,11,14H,1-4,7-10,12-13H2,(H,18,21). The molecule has 2 fully saturated rings. The fraction of sp³-hybridized carbons (Fsp3) is 0.647. The Morgan fingerprint density at radius 3 is 2.70 bits per heavy atom.